The molecule has 10 heteroatoms. The number of rotatable bonds is 11. The highest BCUT2D eigenvalue weighted by Crippen LogP contribution is 2.38. The summed E-state index contributed by atoms with van der Waals surface area (Å²) in [6, 6.07) is 6.14. The number of carbonyl (C=O) groups excluding carboxylic acids is 2. The third-order valence-electron chi connectivity index (χ3n) is 6.50. The van der Waals surface area contributed by atoms with Crippen molar-refractivity contribution in [2.75, 3.05) is 45.2 Å². The van der Waals surface area contributed by atoms with Crippen LogP contribution in [0.15, 0.2) is 29.2 Å². The molecule has 1 aliphatic carbocycles. The van der Waals surface area contributed by atoms with Crippen molar-refractivity contribution in [3.63, 3.8) is 0 Å². The van der Waals surface area contributed by atoms with E-state index < -0.39 is 10.0 Å². The normalized spacial score (nSPS) is 16.1. The molecule has 1 aliphatic heterocycles. The number of amides is 1. The number of ketones is 1. The molecular weight excluding hydrogens is 486 g/mol. The summed E-state index contributed by atoms with van der Waals surface area (Å²) in [5.74, 6) is -0.278. The number of ether oxygens (including phenoxy) is 1. The van der Waals surface area contributed by atoms with Gasteiger partial charge in [0.25, 0.3) is 5.91 Å². The van der Waals surface area contributed by atoms with Gasteiger partial charge in [0.15, 0.2) is 5.78 Å². The number of aryl methyl sites for hydroxylation is 1. The Morgan fingerprint density at radius 3 is 2.49 bits per heavy atom. The summed E-state index contributed by atoms with van der Waals surface area (Å²) in [6.45, 7) is 2.23. The van der Waals surface area contributed by atoms with Crippen molar-refractivity contribution < 1.29 is 22.7 Å². The van der Waals surface area contributed by atoms with Crippen LogP contribution in [-0.4, -0.2) is 64.3 Å². The molecule has 4 rings (SSSR count). The lowest BCUT2D eigenvalue weighted by Crippen LogP contribution is -2.28. The van der Waals surface area contributed by atoms with Gasteiger partial charge in [0.2, 0.25) is 10.0 Å². The standard InChI is InChI=1S/C25H33N3O5S2/c1-33-16-6-13-26-24(30)23-20-7-2-3-8-22(20)34-25(23)27-17-21(29)18-9-11-19(12-10-18)35(31,32)28-14-4-5-15-28/h9-12,27H,2-8,13-17H2,1H3,(H,26,30). The van der Waals surface area contributed by atoms with E-state index in [1.54, 1.807) is 30.6 Å². The van der Waals surface area contributed by atoms with E-state index in [1.807, 2.05) is 0 Å². The molecular formula is C25H33N3O5S2. The van der Waals surface area contributed by atoms with Crippen LogP contribution in [0.5, 0.6) is 0 Å². The summed E-state index contributed by atoms with van der Waals surface area (Å²) in [7, 11) is -1.87. The van der Waals surface area contributed by atoms with E-state index in [1.165, 1.54) is 21.3 Å². The first kappa shape index (κ1) is 25.8. The van der Waals surface area contributed by atoms with Crippen LogP contribution in [0.2, 0.25) is 0 Å². The van der Waals surface area contributed by atoms with Crippen LogP contribution < -0.4 is 10.6 Å². The molecule has 1 saturated heterocycles. The first-order valence-corrected chi connectivity index (χ1v) is 14.5. The Morgan fingerprint density at radius 1 is 1.06 bits per heavy atom. The number of fused-ring (bicyclic) bond motifs is 1. The number of anilines is 1. The molecule has 0 bridgehead atoms. The molecule has 35 heavy (non-hydrogen) atoms. The minimum absolute atomic E-state index is 0.0293. The lowest BCUT2D eigenvalue weighted by atomic mass is 9.95. The van der Waals surface area contributed by atoms with Crippen LogP contribution in [0, 0.1) is 0 Å². The van der Waals surface area contributed by atoms with Crippen molar-refractivity contribution in [1.82, 2.24) is 9.62 Å². The maximum absolute atomic E-state index is 13.0. The number of methoxy groups -OCH3 is 1. The zero-order valence-corrected chi connectivity index (χ0v) is 21.7. The highest BCUT2D eigenvalue weighted by molar-refractivity contribution is 7.89. The maximum atomic E-state index is 13.0. The average molecular weight is 520 g/mol. The Morgan fingerprint density at radius 2 is 1.77 bits per heavy atom. The molecule has 2 aromatic rings. The van der Waals surface area contributed by atoms with E-state index in [2.05, 4.69) is 10.6 Å². The smallest absolute Gasteiger partial charge is 0.254 e. The lowest BCUT2D eigenvalue weighted by molar-refractivity contribution is 0.0946. The van der Waals surface area contributed by atoms with Crippen molar-refractivity contribution >= 4 is 38.1 Å². The summed E-state index contributed by atoms with van der Waals surface area (Å²) in [5, 5.41) is 6.90. The van der Waals surface area contributed by atoms with Gasteiger partial charge in [-0.05, 0) is 74.8 Å². The monoisotopic (exact) mass is 519 g/mol. The van der Waals surface area contributed by atoms with Crippen molar-refractivity contribution in [1.29, 1.82) is 0 Å². The SMILES string of the molecule is COCCCNC(=O)c1c(NCC(=O)c2ccc(S(=O)(=O)N3CCCC3)cc2)sc2c1CCCC2. The number of sulfonamides is 1. The van der Waals surface area contributed by atoms with Gasteiger partial charge < -0.3 is 15.4 Å². The largest absolute Gasteiger partial charge is 0.385 e. The number of thiophene rings is 1. The van der Waals surface area contributed by atoms with Gasteiger partial charge in [-0.15, -0.1) is 11.3 Å². The van der Waals surface area contributed by atoms with Crippen molar-refractivity contribution in [2.45, 2.75) is 49.8 Å². The second kappa shape index (κ2) is 11.6. The summed E-state index contributed by atoms with van der Waals surface area (Å²) >= 11 is 1.56. The Balaban J connectivity index is 1.43. The Labute approximate surface area is 211 Å². The third-order valence-corrected chi connectivity index (χ3v) is 9.66. The summed E-state index contributed by atoms with van der Waals surface area (Å²) in [4.78, 5) is 27.3. The fourth-order valence-electron chi connectivity index (χ4n) is 4.59. The molecule has 8 nitrogen and oxygen atoms in total. The van der Waals surface area contributed by atoms with Crippen molar-refractivity contribution in [3.05, 3.63) is 45.8 Å². The number of nitrogens with zero attached hydrogens (tertiary/aromatic N) is 1. The van der Waals surface area contributed by atoms with Gasteiger partial charge in [-0.25, -0.2) is 8.42 Å². The molecule has 1 amide bonds. The van der Waals surface area contributed by atoms with Crippen LogP contribution in [-0.2, 0) is 27.6 Å². The molecule has 1 fully saturated rings. The van der Waals surface area contributed by atoms with Crippen molar-refractivity contribution in [3.8, 4) is 0 Å². The predicted molar refractivity (Wildman–Crippen MR) is 137 cm³/mol. The molecule has 2 N–H and O–H groups in total. The van der Waals surface area contributed by atoms with Gasteiger partial charge in [0.1, 0.15) is 5.00 Å². The molecule has 190 valence electrons. The number of hydrogen-bond donors (Lipinski definition) is 2. The quantitative estimate of drug-likeness (QED) is 0.348. The van der Waals surface area contributed by atoms with Gasteiger partial charge >= 0.3 is 0 Å². The third kappa shape index (κ3) is 5.94. The van der Waals surface area contributed by atoms with Gasteiger partial charge in [-0.1, -0.05) is 0 Å². The van der Waals surface area contributed by atoms with E-state index in [9.17, 15) is 18.0 Å². The number of benzene rings is 1. The molecule has 1 aromatic heterocycles. The first-order chi connectivity index (χ1) is 16.9. The van der Waals surface area contributed by atoms with E-state index in [0.717, 1.165) is 55.5 Å². The van der Waals surface area contributed by atoms with E-state index in [0.29, 0.717) is 37.4 Å². The van der Waals surface area contributed by atoms with Crippen LogP contribution in [0.4, 0.5) is 5.00 Å². The number of hydrogen-bond acceptors (Lipinski definition) is 7. The Kier molecular flexibility index (Phi) is 8.59. The fraction of sp³-hybridized carbons (Fsp3) is 0.520. The molecule has 2 heterocycles. The van der Waals surface area contributed by atoms with Gasteiger partial charge in [-0.3, -0.25) is 9.59 Å². The number of Topliss-reactive ketones (excluding diaryl/α,β-unsaturated/α-hetero) is 1. The van der Waals surface area contributed by atoms with Crippen LogP contribution >= 0.6 is 11.3 Å². The zero-order valence-electron chi connectivity index (χ0n) is 20.1. The van der Waals surface area contributed by atoms with Crippen molar-refractivity contribution in [2.24, 2.45) is 0 Å². The second-order valence-corrected chi connectivity index (χ2v) is 12.0. The summed E-state index contributed by atoms with van der Waals surface area (Å²) < 4.78 is 32.0. The highest BCUT2D eigenvalue weighted by atomic mass is 32.2. The van der Waals surface area contributed by atoms with Crippen LogP contribution in [0.3, 0.4) is 0 Å². The Hall–Kier alpha value is -2.27. The lowest BCUT2D eigenvalue weighted by Gasteiger charge is -2.15. The molecule has 0 radical (unpaired) electrons. The van der Waals surface area contributed by atoms with E-state index in [4.69, 9.17) is 4.74 Å². The topological polar surface area (TPSA) is 105 Å². The van der Waals surface area contributed by atoms with Gasteiger partial charge in [0, 0.05) is 43.8 Å². The maximum Gasteiger partial charge on any atom is 0.254 e. The van der Waals surface area contributed by atoms with Crippen LogP contribution in [0.1, 0.15) is 63.3 Å². The van der Waals surface area contributed by atoms with Gasteiger partial charge in [-0.2, -0.15) is 4.31 Å². The average Bonchev–Trinajstić information content (AvgIpc) is 3.54. The minimum atomic E-state index is -3.51. The number of nitrogens with one attached hydrogen (secondary N) is 2. The summed E-state index contributed by atoms with van der Waals surface area (Å²) in [6.07, 6.45) is 6.47. The molecule has 2 aliphatic rings. The van der Waals surface area contributed by atoms with Gasteiger partial charge in [0.05, 0.1) is 17.0 Å². The van der Waals surface area contributed by atoms with E-state index in [-0.39, 0.29) is 23.1 Å². The number of carbonyl (C=O) groups is 2. The fourth-order valence-corrected chi connectivity index (χ4v) is 7.39. The second-order valence-electron chi connectivity index (χ2n) is 8.93. The predicted octanol–water partition coefficient (Wildman–Crippen LogP) is 3.47. The Bertz CT molecular complexity index is 1150. The molecule has 1 aromatic carbocycles. The van der Waals surface area contributed by atoms with E-state index >= 15 is 0 Å². The zero-order chi connectivity index (χ0) is 24.8. The van der Waals surface area contributed by atoms with Crippen LogP contribution in [0.25, 0.3) is 0 Å². The molecule has 0 spiro atoms. The molecule has 0 atom stereocenters. The highest BCUT2D eigenvalue weighted by Gasteiger charge is 2.28. The summed E-state index contributed by atoms with van der Waals surface area (Å²) in [5.41, 5.74) is 2.18. The molecule has 0 saturated carbocycles. The first-order valence-electron chi connectivity index (χ1n) is 12.2. The minimum Gasteiger partial charge on any atom is -0.385 e. The molecule has 0 unspecified atom stereocenters.